The third-order valence-corrected chi connectivity index (χ3v) is 3.87. The minimum atomic E-state index is 0.791. The van der Waals surface area contributed by atoms with Crippen molar-refractivity contribution < 1.29 is 4.74 Å². The van der Waals surface area contributed by atoms with Gasteiger partial charge in [-0.2, -0.15) is 0 Å². The molecule has 0 spiro atoms. The SMILES string of the molecule is COc1ccc(Nc2cc(N3CCCCC3)nc(C)n2)cc1. The molecule has 5 heteroatoms. The quantitative estimate of drug-likeness (QED) is 0.936. The summed E-state index contributed by atoms with van der Waals surface area (Å²) in [6.45, 7) is 4.10. The number of methoxy groups -OCH3 is 1. The van der Waals surface area contributed by atoms with Crippen LogP contribution < -0.4 is 15.0 Å². The summed E-state index contributed by atoms with van der Waals surface area (Å²) in [6.07, 6.45) is 3.80. The van der Waals surface area contributed by atoms with Crippen LogP contribution in [0.4, 0.5) is 17.3 Å². The van der Waals surface area contributed by atoms with Gasteiger partial charge in [0.2, 0.25) is 0 Å². The van der Waals surface area contributed by atoms with Crippen molar-refractivity contribution in [3.05, 3.63) is 36.2 Å². The van der Waals surface area contributed by atoms with Crippen LogP contribution in [0.25, 0.3) is 0 Å². The molecular weight excluding hydrogens is 276 g/mol. The monoisotopic (exact) mass is 298 g/mol. The number of nitrogens with one attached hydrogen (secondary N) is 1. The Morgan fingerprint density at radius 2 is 1.77 bits per heavy atom. The van der Waals surface area contributed by atoms with Crippen LogP contribution in [0.2, 0.25) is 0 Å². The van der Waals surface area contributed by atoms with Crippen LogP contribution >= 0.6 is 0 Å². The highest BCUT2D eigenvalue weighted by molar-refractivity contribution is 5.60. The Morgan fingerprint density at radius 1 is 1.05 bits per heavy atom. The van der Waals surface area contributed by atoms with Gasteiger partial charge in [-0.15, -0.1) is 0 Å². The zero-order chi connectivity index (χ0) is 15.4. The van der Waals surface area contributed by atoms with Crippen molar-refractivity contribution in [3.8, 4) is 5.75 Å². The standard InChI is InChI=1S/C17H22N4O/c1-13-18-16(20-14-6-8-15(22-2)9-7-14)12-17(19-13)21-10-4-3-5-11-21/h6-9,12H,3-5,10-11H2,1-2H3,(H,18,19,20). The lowest BCUT2D eigenvalue weighted by Gasteiger charge is -2.28. The number of hydrogen-bond acceptors (Lipinski definition) is 5. The highest BCUT2D eigenvalue weighted by atomic mass is 16.5. The summed E-state index contributed by atoms with van der Waals surface area (Å²) >= 11 is 0. The molecule has 1 aliphatic heterocycles. The van der Waals surface area contributed by atoms with Crippen molar-refractivity contribution in [2.75, 3.05) is 30.4 Å². The van der Waals surface area contributed by atoms with E-state index in [0.717, 1.165) is 42.0 Å². The Kier molecular flexibility index (Phi) is 4.42. The van der Waals surface area contributed by atoms with Gasteiger partial charge in [-0.05, 0) is 50.5 Å². The second-order valence-electron chi connectivity index (χ2n) is 5.56. The van der Waals surface area contributed by atoms with E-state index < -0.39 is 0 Å². The largest absolute Gasteiger partial charge is 0.497 e. The van der Waals surface area contributed by atoms with E-state index in [1.165, 1.54) is 19.3 Å². The third-order valence-electron chi connectivity index (χ3n) is 3.87. The number of anilines is 3. The van der Waals surface area contributed by atoms with E-state index in [9.17, 15) is 0 Å². The van der Waals surface area contributed by atoms with E-state index in [0.29, 0.717) is 0 Å². The fourth-order valence-electron chi connectivity index (χ4n) is 2.72. The smallest absolute Gasteiger partial charge is 0.136 e. The van der Waals surface area contributed by atoms with Crippen LogP contribution in [-0.2, 0) is 0 Å². The molecule has 0 atom stereocenters. The van der Waals surface area contributed by atoms with Gasteiger partial charge in [0.05, 0.1) is 7.11 Å². The predicted molar refractivity (Wildman–Crippen MR) is 89.1 cm³/mol. The Morgan fingerprint density at radius 3 is 2.45 bits per heavy atom. The molecule has 0 unspecified atom stereocenters. The number of piperidine rings is 1. The molecule has 3 rings (SSSR count). The molecule has 0 bridgehead atoms. The van der Waals surface area contributed by atoms with Crippen molar-refractivity contribution in [1.82, 2.24) is 9.97 Å². The zero-order valence-electron chi connectivity index (χ0n) is 13.2. The highest BCUT2D eigenvalue weighted by Crippen LogP contribution is 2.23. The second kappa shape index (κ2) is 6.64. The first kappa shape index (κ1) is 14.6. The molecule has 1 aromatic heterocycles. The zero-order valence-corrected chi connectivity index (χ0v) is 13.2. The third kappa shape index (κ3) is 3.47. The van der Waals surface area contributed by atoms with Crippen molar-refractivity contribution in [2.45, 2.75) is 26.2 Å². The van der Waals surface area contributed by atoms with E-state index >= 15 is 0 Å². The maximum Gasteiger partial charge on any atom is 0.136 e. The van der Waals surface area contributed by atoms with E-state index in [1.54, 1.807) is 7.11 Å². The minimum absolute atomic E-state index is 0.791. The molecule has 1 N–H and O–H groups in total. The van der Waals surface area contributed by atoms with Gasteiger partial charge in [-0.1, -0.05) is 0 Å². The molecule has 1 aromatic carbocycles. The number of aromatic nitrogens is 2. The first-order chi connectivity index (χ1) is 10.7. The lowest BCUT2D eigenvalue weighted by molar-refractivity contribution is 0.415. The molecule has 2 aromatic rings. The summed E-state index contributed by atoms with van der Waals surface area (Å²) in [5.74, 6) is 3.49. The first-order valence-corrected chi connectivity index (χ1v) is 7.76. The minimum Gasteiger partial charge on any atom is -0.497 e. The number of ether oxygens (including phenoxy) is 1. The first-order valence-electron chi connectivity index (χ1n) is 7.76. The molecule has 0 radical (unpaired) electrons. The molecule has 1 saturated heterocycles. The average molecular weight is 298 g/mol. The van der Waals surface area contributed by atoms with Gasteiger partial charge >= 0.3 is 0 Å². The Bertz CT molecular complexity index is 621. The molecule has 22 heavy (non-hydrogen) atoms. The lowest BCUT2D eigenvalue weighted by atomic mass is 10.1. The van der Waals surface area contributed by atoms with Gasteiger partial charge in [-0.3, -0.25) is 0 Å². The highest BCUT2D eigenvalue weighted by Gasteiger charge is 2.13. The lowest BCUT2D eigenvalue weighted by Crippen LogP contribution is -2.30. The summed E-state index contributed by atoms with van der Waals surface area (Å²) in [5, 5.41) is 3.34. The molecule has 1 fully saturated rings. The number of benzene rings is 1. The maximum absolute atomic E-state index is 5.18. The van der Waals surface area contributed by atoms with Gasteiger partial charge < -0.3 is 15.0 Å². The normalized spacial score (nSPS) is 14.7. The van der Waals surface area contributed by atoms with Gasteiger partial charge in [0.1, 0.15) is 23.2 Å². The second-order valence-corrected chi connectivity index (χ2v) is 5.56. The van der Waals surface area contributed by atoms with E-state index in [2.05, 4.69) is 20.2 Å². The van der Waals surface area contributed by atoms with Gasteiger partial charge in [0.15, 0.2) is 0 Å². The summed E-state index contributed by atoms with van der Waals surface area (Å²) < 4.78 is 5.18. The Hall–Kier alpha value is -2.30. The summed E-state index contributed by atoms with van der Waals surface area (Å²) in [6, 6.07) is 9.86. The van der Waals surface area contributed by atoms with Crippen LogP contribution in [0.1, 0.15) is 25.1 Å². The summed E-state index contributed by atoms with van der Waals surface area (Å²) in [4.78, 5) is 11.4. The molecule has 0 aliphatic carbocycles. The summed E-state index contributed by atoms with van der Waals surface area (Å²) in [5.41, 5.74) is 0.989. The van der Waals surface area contributed by atoms with Crippen molar-refractivity contribution in [2.24, 2.45) is 0 Å². The molecule has 116 valence electrons. The molecule has 2 heterocycles. The fourth-order valence-corrected chi connectivity index (χ4v) is 2.72. The number of rotatable bonds is 4. The maximum atomic E-state index is 5.18. The van der Waals surface area contributed by atoms with Crippen LogP contribution in [0, 0.1) is 6.92 Å². The van der Waals surface area contributed by atoms with Crippen LogP contribution in [0.15, 0.2) is 30.3 Å². The van der Waals surface area contributed by atoms with Gasteiger partial charge in [-0.25, -0.2) is 9.97 Å². The fraction of sp³-hybridized carbons (Fsp3) is 0.412. The predicted octanol–water partition coefficient (Wildman–Crippen LogP) is 3.53. The van der Waals surface area contributed by atoms with Crippen LogP contribution in [0.5, 0.6) is 5.75 Å². The number of hydrogen-bond donors (Lipinski definition) is 1. The Labute approximate surface area is 131 Å². The Balaban J connectivity index is 1.79. The van der Waals surface area contributed by atoms with Crippen molar-refractivity contribution >= 4 is 17.3 Å². The molecule has 1 aliphatic rings. The molecule has 0 amide bonds. The van der Waals surface area contributed by atoms with Crippen molar-refractivity contribution in [1.29, 1.82) is 0 Å². The van der Waals surface area contributed by atoms with Crippen LogP contribution in [0.3, 0.4) is 0 Å². The molecule has 5 nitrogen and oxygen atoms in total. The average Bonchev–Trinajstić information content (AvgIpc) is 2.56. The molecular formula is C17H22N4O. The van der Waals surface area contributed by atoms with E-state index in [4.69, 9.17) is 4.74 Å². The van der Waals surface area contributed by atoms with E-state index in [-0.39, 0.29) is 0 Å². The number of nitrogens with zero attached hydrogens (tertiary/aromatic N) is 3. The van der Waals surface area contributed by atoms with Gasteiger partial charge in [0.25, 0.3) is 0 Å². The molecule has 0 saturated carbocycles. The van der Waals surface area contributed by atoms with E-state index in [1.807, 2.05) is 37.3 Å². The summed E-state index contributed by atoms with van der Waals surface area (Å²) in [7, 11) is 1.67. The number of aryl methyl sites for hydroxylation is 1. The van der Waals surface area contributed by atoms with Gasteiger partial charge in [0, 0.05) is 24.8 Å². The topological polar surface area (TPSA) is 50.3 Å². The van der Waals surface area contributed by atoms with Crippen LogP contribution in [-0.4, -0.2) is 30.2 Å². The van der Waals surface area contributed by atoms with Crippen molar-refractivity contribution in [3.63, 3.8) is 0 Å².